The van der Waals surface area contributed by atoms with Crippen LogP contribution >= 0.6 is 0 Å². The van der Waals surface area contributed by atoms with Crippen molar-refractivity contribution < 1.29 is 57.5 Å². The van der Waals surface area contributed by atoms with Gasteiger partial charge >= 0.3 is 67.3 Å². The van der Waals surface area contributed by atoms with Gasteiger partial charge in [-0.1, -0.05) is 36.4 Å². The second-order valence-electron chi connectivity index (χ2n) is 3.18. The number of hydrogen-bond acceptors (Lipinski definition) is 6. The van der Waals surface area contributed by atoms with Gasteiger partial charge in [0, 0.05) is 0 Å². The monoisotopic (exact) mass is 330 g/mol. The Kier molecular flexibility index (Phi) is 11.2. The fourth-order valence-corrected chi connectivity index (χ4v) is 2.11. The molecule has 20 heavy (non-hydrogen) atoms. The molecule has 9 heteroatoms. The first-order chi connectivity index (χ1) is 8.32. The summed E-state index contributed by atoms with van der Waals surface area (Å²) in [5.74, 6) is 0. The van der Waals surface area contributed by atoms with Crippen LogP contribution in [0, 0.1) is 0 Å². The summed E-state index contributed by atoms with van der Waals surface area (Å²) in [5, 5.41) is 17.9. The number of carbonyl (C=O) groups is 1. The quantitative estimate of drug-likeness (QED) is 0.387. The van der Waals surface area contributed by atoms with E-state index in [2.05, 4.69) is 0 Å². The van der Waals surface area contributed by atoms with Crippen molar-refractivity contribution in [3.8, 4) is 0 Å². The molecule has 2 aromatic rings. The van der Waals surface area contributed by atoms with E-state index in [4.69, 9.17) is 15.0 Å². The minimum atomic E-state index is -4.38. The van der Waals surface area contributed by atoms with Gasteiger partial charge in [-0.2, -0.15) is 0 Å². The molecule has 0 aliphatic rings. The third kappa shape index (κ3) is 7.23. The Hall–Kier alpha value is 0.140. The maximum absolute atomic E-state index is 10.9. The van der Waals surface area contributed by atoms with Crippen LogP contribution in [-0.4, -0.2) is 56.9 Å². The van der Waals surface area contributed by atoms with Gasteiger partial charge in [0.1, 0.15) is 10.1 Å². The van der Waals surface area contributed by atoms with Crippen LogP contribution in [0.4, 0.5) is 4.79 Å². The molecule has 0 heterocycles. The summed E-state index contributed by atoms with van der Waals surface area (Å²) >= 11 is 0. The van der Waals surface area contributed by atoms with Crippen molar-refractivity contribution in [2.75, 3.05) is 0 Å². The minimum Gasteiger partial charge on any atom is -0.744 e. The zero-order chi connectivity index (χ0) is 13.8. The zero-order valence-electron chi connectivity index (χ0n) is 10.6. The molecule has 0 radical (unpaired) electrons. The van der Waals surface area contributed by atoms with Crippen LogP contribution in [0.3, 0.4) is 0 Å². The molecule has 0 aromatic heterocycles. The van der Waals surface area contributed by atoms with Gasteiger partial charge in [-0.3, -0.25) is 0 Å². The summed E-state index contributed by atoms with van der Waals surface area (Å²) in [4.78, 5) is 8.18. The first-order valence-corrected chi connectivity index (χ1v) is 6.05. The molecule has 0 atom stereocenters. The molecule has 96 valence electrons. The Morgan fingerprint density at radius 1 is 0.950 bits per heavy atom. The molecule has 6 nitrogen and oxygen atoms in total. The van der Waals surface area contributed by atoms with Crippen molar-refractivity contribution in [3.05, 3.63) is 42.5 Å². The Labute approximate surface area is 167 Å². The van der Waals surface area contributed by atoms with E-state index in [-0.39, 0.29) is 72.2 Å². The normalized spacial score (nSPS) is 9.45. The number of rotatable bonds is 1. The van der Waals surface area contributed by atoms with Crippen molar-refractivity contribution in [2.45, 2.75) is 4.90 Å². The third-order valence-corrected chi connectivity index (χ3v) is 2.91. The van der Waals surface area contributed by atoms with Crippen molar-refractivity contribution in [1.82, 2.24) is 0 Å². The summed E-state index contributed by atoms with van der Waals surface area (Å²) in [5.41, 5.74) is 0. The van der Waals surface area contributed by atoms with E-state index in [9.17, 15) is 13.0 Å². The van der Waals surface area contributed by atoms with E-state index in [0.29, 0.717) is 5.39 Å². The smallest absolute Gasteiger partial charge is 0.744 e. The maximum atomic E-state index is 10.9. The SMILES string of the molecule is O=C([O-])[O-].O=S(=O)([O-])c1cccc2ccccc12.[Ca+2].[Na+]. The first-order valence-electron chi connectivity index (χ1n) is 4.64. The van der Waals surface area contributed by atoms with Crippen LogP contribution in [0.15, 0.2) is 47.4 Å². The van der Waals surface area contributed by atoms with Crippen LogP contribution in [0.5, 0.6) is 0 Å². The van der Waals surface area contributed by atoms with E-state index in [1.807, 2.05) is 0 Å². The summed E-state index contributed by atoms with van der Waals surface area (Å²) in [6.07, 6.45) is -2.33. The molecule has 0 N–H and O–H groups in total. The largest absolute Gasteiger partial charge is 2.00 e. The van der Waals surface area contributed by atoms with Crippen LogP contribution in [0.2, 0.25) is 0 Å². The third-order valence-electron chi connectivity index (χ3n) is 2.02. The average Bonchev–Trinajstić information content (AvgIpc) is 2.26. The van der Waals surface area contributed by atoms with Crippen LogP contribution in [-0.2, 0) is 10.1 Å². The van der Waals surface area contributed by atoms with E-state index < -0.39 is 16.3 Å². The molecular formula is C11H7CaNaO6S. The second kappa shape index (κ2) is 9.96. The van der Waals surface area contributed by atoms with E-state index >= 15 is 0 Å². The summed E-state index contributed by atoms with van der Waals surface area (Å²) in [6.45, 7) is 0. The molecule has 0 unspecified atom stereocenters. The van der Waals surface area contributed by atoms with Crippen molar-refractivity contribution in [3.63, 3.8) is 0 Å². The molecule has 0 amide bonds. The summed E-state index contributed by atoms with van der Waals surface area (Å²) < 4.78 is 32.7. The molecule has 0 aliphatic carbocycles. The predicted octanol–water partition coefficient (Wildman–Crippen LogP) is -4.08. The molecule has 0 aliphatic heterocycles. The minimum absolute atomic E-state index is 0. The summed E-state index contributed by atoms with van der Waals surface area (Å²) in [7, 11) is -4.38. The van der Waals surface area contributed by atoms with E-state index in [1.54, 1.807) is 36.4 Å². The molecule has 0 spiro atoms. The van der Waals surface area contributed by atoms with Crippen molar-refractivity contribution >= 4 is 64.8 Å². The van der Waals surface area contributed by atoms with Gasteiger partial charge in [0.05, 0.1) is 4.90 Å². The number of hydrogen-bond donors (Lipinski definition) is 0. The van der Waals surface area contributed by atoms with Crippen LogP contribution < -0.4 is 39.8 Å². The van der Waals surface area contributed by atoms with Gasteiger partial charge in [0.2, 0.25) is 0 Å². The molecule has 0 saturated carbocycles. The van der Waals surface area contributed by atoms with Gasteiger partial charge in [0.15, 0.2) is 0 Å². The van der Waals surface area contributed by atoms with Gasteiger partial charge < -0.3 is 19.6 Å². The molecule has 2 aromatic carbocycles. The fourth-order valence-electron chi connectivity index (χ4n) is 1.41. The number of carbonyl (C=O) groups excluding carboxylic acids is 1. The standard InChI is InChI=1S/C10H8O3S.CH2O3.Ca.Na/c11-14(12,13)10-7-3-5-8-4-1-2-6-9(8)10;2-1(3)4;;/h1-7H,(H,11,12,13);(H2,2,3,4);;/q;;+2;+1/p-3. The maximum Gasteiger partial charge on any atom is 2.00 e. The summed E-state index contributed by atoms with van der Waals surface area (Å²) in [6, 6.07) is 11.5. The first kappa shape index (κ1) is 22.4. The van der Waals surface area contributed by atoms with E-state index in [1.165, 1.54) is 6.07 Å². The Bertz CT molecular complexity index is 664. The van der Waals surface area contributed by atoms with Crippen LogP contribution in [0.25, 0.3) is 10.8 Å². The van der Waals surface area contributed by atoms with Gasteiger partial charge in [-0.05, 0) is 23.0 Å². The molecule has 0 fully saturated rings. The van der Waals surface area contributed by atoms with E-state index in [0.717, 1.165) is 5.39 Å². The predicted molar refractivity (Wildman–Crippen MR) is 63.1 cm³/mol. The average molecular weight is 330 g/mol. The van der Waals surface area contributed by atoms with Crippen LogP contribution in [0.1, 0.15) is 0 Å². The Morgan fingerprint density at radius 2 is 1.40 bits per heavy atom. The van der Waals surface area contributed by atoms with Crippen molar-refractivity contribution in [1.29, 1.82) is 0 Å². The molecule has 0 saturated heterocycles. The zero-order valence-corrected chi connectivity index (χ0v) is 15.6. The number of carboxylic acid groups (broad SMARTS) is 2. The Balaban J connectivity index is 0. The molecular weight excluding hydrogens is 323 g/mol. The molecule has 0 bridgehead atoms. The number of fused-ring (bicyclic) bond motifs is 1. The van der Waals surface area contributed by atoms with Gasteiger partial charge in [0.25, 0.3) is 0 Å². The fraction of sp³-hybridized carbons (Fsp3) is 0. The second-order valence-corrected chi connectivity index (χ2v) is 4.53. The molecule has 2 rings (SSSR count). The Morgan fingerprint density at radius 3 is 1.90 bits per heavy atom. The topological polar surface area (TPSA) is 120 Å². The number of benzene rings is 2. The van der Waals surface area contributed by atoms with Crippen molar-refractivity contribution in [2.24, 2.45) is 0 Å². The van der Waals surface area contributed by atoms with Gasteiger partial charge in [-0.25, -0.2) is 8.42 Å². The van der Waals surface area contributed by atoms with Gasteiger partial charge in [-0.15, -0.1) is 0 Å².